The largest absolute Gasteiger partial charge is 0.481 e. The van der Waals surface area contributed by atoms with E-state index in [-0.39, 0.29) is 11.8 Å². The van der Waals surface area contributed by atoms with Crippen LogP contribution in [0.25, 0.3) is 0 Å². The Bertz CT molecular complexity index is 543. The Morgan fingerprint density at radius 2 is 2.00 bits per heavy atom. The maximum absolute atomic E-state index is 12.3. The lowest BCUT2D eigenvalue weighted by Crippen LogP contribution is -2.35. The van der Waals surface area contributed by atoms with Gasteiger partial charge in [-0.05, 0) is 37.0 Å². The van der Waals surface area contributed by atoms with Crippen molar-refractivity contribution in [3.8, 4) is 0 Å². The highest BCUT2D eigenvalue weighted by molar-refractivity contribution is 9.10. The second kappa shape index (κ2) is 6.18. The summed E-state index contributed by atoms with van der Waals surface area (Å²) in [5.41, 5.74) is 0.322. The third-order valence-corrected chi connectivity index (χ3v) is 4.79. The molecule has 0 saturated carbocycles. The van der Waals surface area contributed by atoms with Crippen molar-refractivity contribution in [1.82, 2.24) is 4.90 Å². The number of aliphatic carboxylic acids is 1. The zero-order valence-corrected chi connectivity index (χ0v) is 13.9. The zero-order valence-electron chi connectivity index (χ0n) is 12.3. The monoisotopic (exact) mass is 353 g/mol. The van der Waals surface area contributed by atoms with E-state index in [0.717, 1.165) is 10.0 Å². The number of benzene rings is 1. The van der Waals surface area contributed by atoms with E-state index in [9.17, 15) is 14.7 Å². The molecular formula is C16H20BrNO3. The topological polar surface area (TPSA) is 57.6 Å². The van der Waals surface area contributed by atoms with Gasteiger partial charge in [0, 0.05) is 24.0 Å². The molecule has 1 amide bonds. The molecular weight excluding hydrogens is 334 g/mol. The molecule has 1 aliphatic rings. The molecule has 114 valence electrons. The second-order valence-electron chi connectivity index (χ2n) is 6.09. The Morgan fingerprint density at radius 3 is 2.52 bits per heavy atom. The first-order chi connectivity index (χ1) is 9.82. The third kappa shape index (κ3) is 3.64. The molecule has 1 N–H and O–H groups in total. The first kappa shape index (κ1) is 16.0. The van der Waals surface area contributed by atoms with Gasteiger partial charge in [0.2, 0.25) is 5.91 Å². The van der Waals surface area contributed by atoms with E-state index in [4.69, 9.17) is 0 Å². The van der Waals surface area contributed by atoms with Gasteiger partial charge in [-0.1, -0.05) is 35.0 Å². The quantitative estimate of drug-likeness (QED) is 0.903. The van der Waals surface area contributed by atoms with Gasteiger partial charge in [-0.2, -0.15) is 0 Å². The molecule has 1 saturated heterocycles. The molecule has 1 heterocycles. The van der Waals surface area contributed by atoms with Crippen LogP contribution in [0.15, 0.2) is 28.7 Å². The fraction of sp³-hybridized carbons (Fsp3) is 0.500. The van der Waals surface area contributed by atoms with Gasteiger partial charge >= 0.3 is 5.97 Å². The van der Waals surface area contributed by atoms with Gasteiger partial charge in [-0.3, -0.25) is 9.59 Å². The van der Waals surface area contributed by atoms with Crippen molar-refractivity contribution in [2.75, 3.05) is 13.1 Å². The van der Waals surface area contributed by atoms with Crippen LogP contribution in [0.4, 0.5) is 0 Å². The predicted molar refractivity (Wildman–Crippen MR) is 84.1 cm³/mol. The average molecular weight is 354 g/mol. The lowest BCUT2D eigenvalue weighted by atomic mass is 9.90. The Hall–Kier alpha value is -1.36. The number of halogens is 1. The standard InChI is InChI=1S/C16H20BrNO3/c1-11(12-3-5-13(17)6-4-12)9-14(19)18-8-7-16(2,10-18)15(20)21/h3-6,11H,7-10H2,1-2H3,(H,20,21). The molecule has 0 bridgehead atoms. The number of carboxylic acid groups (broad SMARTS) is 1. The first-order valence-corrected chi connectivity index (χ1v) is 7.88. The van der Waals surface area contributed by atoms with Crippen molar-refractivity contribution in [3.63, 3.8) is 0 Å². The van der Waals surface area contributed by atoms with E-state index in [1.807, 2.05) is 31.2 Å². The summed E-state index contributed by atoms with van der Waals surface area (Å²) in [6.45, 7) is 4.58. The predicted octanol–water partition coefficient (Wildman–Crippen LogP) is 3.27. The average Bonchev–Trinajstić information content (AvgIpc) is 2.83. The van der Waals surface area contributed by atoms with Crippen LogP contribution >= 0.6 is 15.9 Å². The van der Waals surface area contributed by atoms with Crippen molar-refractivity contribution in [2.24, 2.45) is 5.41 Å². The van der Waals surface area contributed by atoms with Gasteiger partial charge in [0.05, 0.1) is 5.41 Å². The number of nitrogens with zero attached hydrogens (tertiary/aromatic N) is 1. The summed E-state index contributed by atoms with van der Waals surface area (Å²) in [6.07, 6.45) is 0.943. The van der Waals surface area contributed by atoms with E-state index >= 15 is 0 Å². The van der Waals surface area contributed by atoms with Crippen molar-refractivity contribution in [2.45, 2.75) is 32.6 Å². The summed E-state index contributed by atoms with van der Waals surface area (Å²) in [4.78, 5) is 25.2. The maximum Gasteiger partial charge on any atom is 0.311 e. The van der Waals surface area contributed by atoms with E-state index < -0.39 is 11.4 Å². The minimum Gasteiger partial charge on any atom is -0.481 e. The van der Waals surface area contributed by atoms with E-state index in [0.29, 0.717) is 25.9 Å². The van der Waals surface area contributed by atoms with E-state index in [1.165, 1.54) is 0 Å². The molecule has 1 aromatic rings. The van der Waals surface area contributed by atoms with Gasteiger partial charge in [-0.15, -0.1) is 0 Å². The van der Waals surface area contributed by atoms with Crippen LogP contribution in [0.5, 0.6) is 0 Å². The number of carboxylic acids is 1. The van der Waals surface area contributed by atoms with Crippen LogP contribution in [0.1, 0.15) is 38.2 Å². The summed E-state index contributed by atoms with van der Waals surface area (Å²) in [5.74, 6) is -0.656. The van der Waals surface area contributed by atoms with Gasteiger partial charge < -0.3 is 10.0 Å². The summed E-state index contributed by atoms with van der Waals surface area (Å²) in [7, 11) is 0. The molecule has 5 heteroatoms. The van der Waals surface area contributed by atoms with Crippen molar-refractivity contribution in [1.29, 1.82) is 0 Å². The van der Waals surface area contributed by atoms with E-state index in [2.05, 4.69) is 15.9 Å². The Balaban J connectivity index is 1.96. The molecule has 2 atom stereocenters. The number of carbonyl (C=O) groups excluding carboxylic acids is 1. The number of rotatable bonds is 4. The van der Waals surface area contributed by atoms with Crippen LogP contribution in [0.3, 0.4) is 0 Å². The number of likely N-dealkylation sites (tertiary alicyclic amines) is 1. The normalized spacial score (nSPS) is 23.1. The minimum absolute atomic E-state index is 0.0374. The summed E-state index contributed by atoms with van der Waals surface area (Å²) < 4.78 is 1.02. The summed E-state index contributed by atoms with van der Waals surface area (Å²) in [5, 5.41) is 9.22. The minimum atomic E-state index is -0.821. The lowest BCUT2D eigenvalue weighted by molar-refractivity contribution is -0.147. The zero-order chi connectivity index (χ0) is 15.6. The van der Waals surface area contributed by atoms with Gasteiger partial charge in [0.15, 0.2) is 0 Å². The molecule has 4 nitrogen and oxygen atoms in total. The number of hydrogen-bond acceptors (Lipinski definition) is 2. The van der Waals surface area contributed by atoms with Gasteiger partial charge in [-0.25, -0.2) is 0 Å². The van der Waals surface area contributed by atoms with Crippen LogP contribution < -0.4 is 0 Å². The number of amides is 1. The van der Waals surface area contributed by atoms with E-state index in [1.54, 1.807) is 11.8 Å². The molecule has 0 aromatic heterocycles. The molecule has 0 spiro atoms. The Labute approximate surface area is 133 Å². The molecule has 2 rings (SSSR count). The number of carbonyl (C=O) groups is 2. The Morgan fingerprint density at radius 1 is 1.38 bits per heavy atom. The Kier molecular flexibility index (Phi) is 4.71. The molecule has 1 aliphatic heterocycles. The lowest BCUT2D eigenvalue weighted by Gasteiger charge is -2.21. The van der Waals surface area contributed by atoms with Crippen molar-refractivity contribution in [3.05, 3.63) is 34.3 Å². The number of hydrogen-bond donors (Lipinski definition) is 1. The fourth-order valence-corrected chi connectivity index (χ4v) is 2.91. The second-order valence-corrected chi connectivity index (χ2v) is 7.00. The van der Waals surface area contributed by atoms with Crippen molar-refractivity contribution >= 4 is 27.8 Å². The highest BCUT2D eigenvalue weighted by atomic mass is 79.9. The van der Waals surface area contributed by atoms with Crippen molar-refractivity contribution < 1.29 is 14.7 Å². The maximum atomic E-state index is 12.3. The van der Waals surface area contributed by atoms with Crippen LogP contribution in [0.2, 0.25) is 0 Å². The SMILES string of the molecule is CC(CC(=O)N1CCC(C)(C(=O)O)C1)c1ccc(Br)cc1. The van der Waals surface area contributed by atoms with Gasteiger partial charge in [0.1, 0.15) is 0 Å². The highest BCUT2D eigenvalue weighted by Crippen LogP contribution is 2.31. The molecule has 0 aliphatic carbocycles. The van der Waals surface area contributed by atoms with Crippen LogP contribution in [0, 0.1) is 5.41 Å². The summed E-state index contributed by atoms with van der Waals surface area (Å²) >= 11 is 3.39. The third-order valence-electron chi connectivity index (χ3n) is 4.26. The molecule has 2 unspecified atom stereocenters. The molecule has 1 aromatic carbocycles. The van der Waals surface area contributed by atoms with Gasteiger partial charge in [0.25, 0.3) is 0 Å². The van der Waals surface area contributed by atoms with Crippen LogP contribution in [-0.4, -0.2) is 35.0 Å². The smallest absolute Gasteiger partial charge is 0.311 e. The molecule has 21 heavy (non-hydrogen) atoms. The first-order valence-electron chi connectivity index (χ1n) is 7.08. The fourth-order valence-electron chi connectivity index (χ4n) is 2.65. The summed E-state index contributed by atoms with van der Waals surface area (Å²) in [6, 6.07) is 7.95. The highest BCUT2D eigenvalue weighted by Gasteiger charge is 2.42. The molecule has 0 radical (unpaired) electrons. The molecule has 1 fully saturated rings. The van der Waals surface area contributed by atoms with Crippen LogP contribution in [-0.2, 0) is 9.59 Å².